The van der Waals surface area contributed by atoms with E-state index < -0.39 is 0 Å². The lowest BCUT2D eigenvalue weighted by atomic mass is 10.0. The molecule has 0 spiro atoms. The number of nitrogens with zero attached hydrogens (tertiary/aromatic N) is 3. The first kappa shape index (κ1) is 15.8. The van der Waals surface area contributed by atoms with Gasteiger partial charge in [0.25, 0.3) is 0 Å². The molecule has 0 saturated carbocycles. The topological polar surface area (TPSA) is 67.2 Å². The van der Waals surface area contributed by atoms with Gasteiger partial charge in [-0.15, -0.1) is 0 Å². The SMILES string of the molecule is COc1ccc(CN2CCc3[nH]nc(-c4cc(C)on4)c3C2)c(F)c1. The van der Waals surface area contributed by atoms with Gasteiger partial charge in [0.1, 0.15) is 28.7 Å². The van der Waals surface area contributed by atoms with E-state index in [9.17, 15) is 4.39 Å². The highest BCUT2D eigenvalue weighted by molar-refractivity contribution is 5.60. The van der Waals surface area contributed by atoms with Crippen LogP contribution >= 0.6 is 0 Å². The zero-order valence-electron chi connectivity index (χ0n) is 14.2. The van der Waals surface area contributed by atoms with Crippen molar-refractivity contribution < 1.29 is 13.7 Å². The molecular weight excluding hydrogens is 323 g/mol. The van der Waals surface area contributed by atoms with Crippen molar-refractivity contribution in [1.82, 2.24) is 20.3 Å². The molecule has 1 aromatic carbocycles. The van der Waals surface area contributed by atoms with Crippen molar-refractivity contribution in [2.75, 3.05) is 13.7 Å². The first-order valence-corrected chi connectivity index (χ1v) is 8.18. The van der Waals surface area contributed by atoms with Crippen molar-refractivity contribution in [3.8, 4) is 17.1 Å². The van der Waals surface area contributed by atoms with Gasteiger partial charge in [0.05, 0.1) is 7.11 Å². The van der Waals surface area contributed by atoms with E-state index in [0.717, 1.165) is 41.4 Å². The monoisotopic (exact) mass is 342 g/mol. The van der Waals surface area contributed by atoms with Crippen LogP contribution in [0, 0.1) is 12.7 Å². The molecule has 7 heteroatoms. The first-order valence-electron chi connectivity index (χ1n) is 8.18. The maximum absolute atomic E-state index is 14.2. The van der Waals surface area contributed by atoms with E-state index in [2.05, 4.69) is 20.3 Å². The van der Waals surface area contributed by atoms with Crippen LogP contribution in [0.3, 0.4) is 0 Å². The van der Waals surface area contributed by atoms with E-state index in [-0.39, 0.29) is 5.82 Å². The molecule has 3 heterocycles. The Morgan fingerprint density at radius 2 is 2.24 bits per heavy atom. The average Bonchev–Trinajstić information content (AvgIpc) is 3.22. The Bertz CT molecular complexity index is 902. The third-order valence-corrected chi connectivity index (χ3v) is 4.54. The summed E-state index contributed by atoms with van der Waals surface area (Å²) >= 11 is 0. The Morgan fingerprint density at radius 1 is 1.36 bits per heavy atom. The second-order valence-corrected chi connectivity index (χ2v) is 6.27. The minimum absolute atomic E-state index is 0.246. The summed E-state index contributed by atoms with van der Waals surface area (Å²) in [4.78, 5) is 2.21. The highest BCUT2D eigenvalue weighted by Crippen LogP contribution is 2.29. The Kier molecular flexibility index (Phi) is 4.01. The summed E-state index contributed by atoms with van der Waals surface area (Å²) in [5, 5.41) is 11.6. The summed E-state index contributed by atoms with van der Waals surface area (Å²) in [6, 6.07) is 6.86. The third kappa shape index (κ3) is 3.02. The standard InChI is InChI=1S/C18H19FN4O2/c1-11-7-17(22-25-11)18-14-10-23(6-5-16(14)20-21-18)9-12-3-4-13(24-2)8-15(12)19/h3-4,7-8H,5-6,9-10H2,1-2H3,(H,20,21). The minimum Gasteiger partial charge on any atom is -0.497 e. The number of benzene rings is 1. The molecule has 0 amide bonds. The van der Waals surface area contributed by atoms with Gasteiger partial charge < -0.3 is 9.26 Å². The van der Waals surface area contributed by atoms with Crippen molar-refractivity contribution in [3.05, 3.63) is 52.7 Å². The fourth-order valence-electron chi connectivity index (χ4n) is 3.20. The lowest BCUT2D eigenvalue weighted by molar-refractivity contribution is 0.241. The number of aromatic nitrogens is 3. The Balaban J connectivity index is 1.56. The summed E-state index contributed by atoms with van der Waals surface area (Å²) in [7, 11) is 1.53. The summed E-state index contributed by atoms with van der Waals surface area (Å²) < 4.78 is 24.4. The molecule has 0 aliphatic carbocycles. The Labute approximate surface area is 144 Å². The highest BCUT2D eigenvalue weighted by Gasteiger charge is 2.24. The van der Waals surface area contributed by atoms with Crippen LogP contribution in [-0.4, -0.2) is 33.9 Å². The molecule has 0 saturated heterocycles. The molecule has 4 rings (SSSR count). The average molecular weight is 342 g/mol. The summed E-state index contributed by atoms with van der Waals surface area (Å²) in [6.45, 7) is 3.93. The molecule has 0 radical (unpaired) electrons. The smallest absolute Gasteiger partial charge is 0.134 e. The lowest BCUT2D eigenvalue weighted by Gasteiger charge is -2.27. The van der Waals surface area contributed by atoms with Crippen molar-refractivity contribution in [2.45, 2.75) is 26.4 Å². The van der Waals surface area contributed by atoms with Crippen LogP contribution in [0.5, 0.6) is 5.75 Å². The van der Waals surface area contributed by atoms with Crippen LogP contribution < -0.4 is 4.74 Å². The fraction of sp³-hybridized carbons (Fsp3) is 0.333. The zero-order valence-corrected chi connectivity index (χ0v) is 14.2. The maximum Gasteiger partial charge on any atom is 0.134 e. The number of aromatic amines is 1. The van der Waals surface area contributed by atoms with E-state index >= 15 is 0 Å². The van der Waals surface area contributed by atoms with E-state index in [4.69, 9.17) is 9.26 Å². The van der Waals surface area contributed by atoms with Gasteiger partial charge in [-0.3, -0.25) is 10.00 Å². The van der Waals surface area contributed by atoms with Gasteiger partial charge in [0, 0.05) is 55.0 Å². The van der Waals surface area contributed by atoms with Crippen LogP contribution in [0.25, 0.3) is 11.4 Å². The predicted octanol–water partition coefficient (Wildman–Crippen LogP) is 3.08. The van der Waals surface area contributed by atoms with Gasteiger partial charge in [0.2, 0.25) is 0 Å². The number of H-pyrrole nitrogens is 1. The number of ether oxygens (including phenoxy) is 1. The van der Waals surface area contributed by atoms with Crippen LogP contribution in [0.1, 0.15) is 22.6 Å². The predicted molar refractivity (Wildman–Crippen MR) is 89.6 cm³/mol. The fourth-order valence-corrected chi connectivity index (χ4v) is 3.20. The number of hydrogen-bond donors (Lipinski definition) is 1. The minimum atomic E-state index is -0.246. The molecule has 0 unspecified atom stereocenters. The van der Waals surface area contributed by atoms with Crippen LogP contribution in [0.15, 0.2) is 28.8 Å². The van der Waals surface area contributed by atoms with Crippen LogP contribution in [0.2, 0.25) is 0 Å². The normalized spacial score (nSPS) is 14.5. The van der Waals surface area contributed by atoms with Gasteiger partial charge >= 0.3 is 0 Å². The Hall–Kier alpha value is -2.67. The summed E-state index contributed by atoms with van der Waals surface area (Å²) in [5.74, 6) is 1.03. The van der Waals surface area contributed by atoms with Gasteiger partial charge in [-0.2, -0.15) is 5.10 Å². The summed E-state index contributed by atoms with van der Waals surface area (Å²) in [6.07, 6.45) is 0.844. The molecule has 130 valence electrons. The van der Waals surface area contributed by atoms with E-state index in [1.54, 1.807) is 12.1 Å². The molecule has 0 fully saturated rings. The van der Waals surface area contributed by atoms with E-state index in [1.165, 1.54) is 13.2 Å². The maximum atomic E-state index is 14.2. The zero-order chi connectivity index (χ0) is 17.4. The molecule has 1 N–H and O–H groups in total. The van der Waals surface area contributed by atoms with Crippen molar-refractivity contribution in [1.29, 1.82) is 0 Å². The third-order valence-electron chi connectivity index (χ3n) is 4.54. The van der Waals surface area contributed by atoms with Crippen LogP contribution in [-0.2, 0) is 19.5 Å². The molecule has 0 bridgehead atoms. The van der Waals surface area contributed by atoms with Gasteiger partial charge in [-0.05, 0) is 13.0 Å². The number of hydrogen-bond acceptors (Lipinski definition) is 5. The summed E-state index contributed by atoms with van der Waals surface area (Å²) in [5.41, 5.74) is 4.42. The number of methoxy groups -OCH3 is 1. The van der Waals surface area contributed by atoms with E-state index in [1.807, 2.05) is 13.0 Å². The molecule has 0 atom stereocenters. The van der Waals surface area contributed by atoms with Gasteiger partial charge in [-0.25, -0.2) is 4.39 Å². The van der Waals surface area contributed by atoms with Gasteiger partial charge in [0.15, 0.2) is 0 Å². The second kappa shape index (κ2) is 6.33. The lowest BCUT2D eigenvalue weighted by Crippen LogP contribution is -2.30. The van der Waals surface area contributed by atoms with Gasteiger partial charge in [-0.1, -0.05) is 11.2 Å². The van der Waals surface area contributed by atoms with Crippen molar-refractivity contribution in [2.24, 2.45) is 0 Å². The Morgan fingerprint density at radius 3 is 2.96 bits per heavy atom. The molecule has 1 aliphatic rings. The molecule has 6 nitrogen and oxygen atoms in total. The molecule has 1 aliphatic heterocycles. The number of fused-ring (bicyclic) bond motifs is 1. The molecule has 25 heavy (non-hydrogen) atoms. The largest absolute Gasteiger partial charge is 0.497 e. The molecule has 2 aromatic heterocycles. The van der Waals surface area contributed by atoms with Crippen molar-refractivity contribution >= 4 is 0 Å². The number of aryl methyl sites for hydroxylation is 1. The number of rotatable bonds is 4. The van der Waals surface area contributed by atoms with Crippen molar-refractivity contribution in [3.63, 3.8) is 0 Å². The quantitative estimate of drug-likeness (QED) is 0.789. The van der Waals surface area contributed by atoms with Crippen LogP contribution in [0.4, 0.5) is 4.39 Å². The number of halogens is 1. The first-order chi connectivity index (χ1) is 12.1. The molecular formula is C18H19FN4O2. The number of nitrogens with one attached hydrogen (secondary N) is 1. The molecule has 3 aromatic rings. The highest BCUT2D eigenvalue weighted by atomic mass is 19.1. The van der Waals surface area contributed by atoms with E-state index in [0.29, 0.717) is 24.4 Å². The second-order valence-electron chi connectivity index (χ2n) is 6.27.